The fourth-order valence-corrected chi connectivity index (χ4v) is 5.29. The lowest BCUT2D eigenvalue weighted by Gasteiger charge is -2.34. The predicted molar refractivity (Wildman–Crippen MR) is 187 cm³/mol. The summed E-state index contributed by atoms with van der Waals surface area (Å²) in [5.41, 5.74) is 7.69. The van der Waals surface area contributed by atoms with Crippen molar-refractivity contribution in [2.45, 2.75) is 108 Å². The molecule has 0 aromatic heterocycles. The van der Waals surface area contributed by atoms with Crippen molar-refractivity contribution in [2.24, 2.45) is 10.8 Å². The molecule has 2 atom stereocenters. The minimum Gasteiger partial charge on any atom is -0.385 e. The number of ketones is 2. The van der Waals surface area contributed by atoms with Gasteiger partial charge in [0, 0.05) is 0 Å². The molecule has 0 spiro atoms. The van der Waals surface area contributed by atoms with Crippen LogP contribution in [0.15, 0.2) is 117 Å². The Balaban J connectivity index is 0.000000440. The van der Waals surface area contributed by atoms with Crippen LogP contribution < -0.4 is 0 Å². The van der Waals surface area contributed by atoms with Crippen molar-refractivity contribution in [2.75, 3.05) is 0 Å². The van der Waals surface area contributed by atoms with Crippen LogP contribution in [0.25, 0.3) is 0 Å². The third-order valence-electron chi connectivity index (χ3n) is 8.39. The Morgan fingerprint density at radius 1 is 0.614 bits per heavy atom. The molecule has 0 aromatic rings. The van der Waals surface area contributed by atoms with E-state index in [4.69, 9.17) is 0 Å². The molecule has 0 bridgehead atoms. The largest absolute Gasteiger partial charge is 0.385 e. The molecule has 2 aliphatic rings. The molecule has 2 unspecified atom stereocenters. The van der Waals surface area contributed by atoms with Gasteiger partial charge in [-0.25, -0.2) is 0 Å². The average Bonchev–Trinajstić information content (AvgIpc) is 2.94. The summed E-state index contributed by atoms with van der Waals surface area (Å²) in [6, 6.07) is 0. The zero-order chi connectivity index (χ0) is 33.8. The van der Waals surface area contributed by atoms with Crippen LogP contribution in [0.1, 0.15) is 95.9 Å². The molecule has 2 N–H and O–H groups in total. The van der Waals surface area contributed by atoms with Gasteiger partial charge in [0.25, 0.3) is 0 Å². The number of hydrogen-bond acceptors (Lipinski definition) is 4. The number of carbonyl (C=O) groups is 2. The summed E-state index contributed by atoms with van der Waals surface area (Å²) in [5, 5.41) is 19.7. The van der Waals surface area contributed by atoms with Crippen LogP contribution in [-0.2, 0) is 9.59 Å². The van der Waals surface area contributed by atoms with E-state index in [2.05, 4.69) is 65.8 Å². The fourth-order valence-electron chi connectivity index (χ4n) is 5.29. The van der Waals surface area contributed by atoms with Crippen molar-refractivity contribution < 1.29 is 19.8 Å². The molecule has 2 rings (SSSR count). The first-order chi connectivity index (χ1) is 20.4. The SMILES string of the molecule is CC=C(C)C=CC=C(C)/C=C/C1=C(C)C(=O)C(O)CC1(C)C.CC=C(C)C=CC=C(C)/C=C/C1=C(C)C(=O)C(O)CC1(C)C. The summed E-state index contributed by atoms with van der Waals surface area (Å²) < 4.78 is 0. The van der Waals surface area contributed by atoms with Gasteiger partial charge in [-0.05, 0) is 101 Å². The van der Waals surface area contributed by atoms with Crippen LogP contribution in [0.4, 0.5) is 0 Å². The molecule has 44 heavy (non-hydrogen) atoms. The van der Waals surface area contributed by atoms with Crippen molar-refractivity contribution in [3.63, 3.8) is 0 Å². The summed E-state index contributed by atoms with van der Waals surface area (Å²) >= 11 is 0. The molecule has 0 amide bonds. The van der Waals surface area contributed by atoms with E-state index < -0.39 is 12.2 Å². The third kappa shape index (κ3) is 11.6. The number of aliphatic hydroxyl groups is 2. The molecule has 0 heterocycles. The molecule has 0 aromatic carbocycles. The van der Waals surface area contributed by atoms with Gasteiger partial charge in [-0.3, -0.25) is 9.59 Å². The van der Waals surface area contributed by atoms with E-state index in [0.29, 0.717) is 24.0 Å². The topological polar surface area (TPSA) is 74.6 Å². The second kappa shape index (κ2) is 17.2. The summed E-state index contributed by atoms with van der Waals surface area (Å²) in [6.45, 7) is 24.1. The van der Waals surface area contributed by atoms with E-state index >= 15 is 0 Å². The number of allylic oxidation sites excluding steroid dienone is 18. The number of rotatable bonds is 8. The van der Waals surface area contributed by atoms with Gasteiger partial charge in [-0.15, -0.1) is 0 Å². The van der Waals surface area contributed by atoms with Crippen molar-refractivity contribution in [3.05, 3.63) is 117 Å². The smallest absolute Gasteiger partial charge is 0.187 e. The second-order valence-corrected chi connectivity index (χ2v) is 13.3. The highest BCUT2D eigenvalue weighted by molar-refractivity contribution is 6.01. The van der Waals surface area contributed by atoms with Crippen LogP contribution in [0.2, 0.25) is 0 Å². The first-order valence-electron chi connectivity index (χ1n) is 15.6. The lowest BCUT2D eigenvalue weighted by atomic mass is 9.71. The lowest BCUT2D eigenvalue weighted by molar-refractivity contribution is -0.126. The quantitative estimate of drug-likeness (QED) is 0.272. The average molecular weight is 601 g/mol. The molecule has 4 heteroatoms. The molecule has 0 radical (unpaired) electrons. The van der Waals surface area contributed by atoms with Crippen LogP contribution in [-0.4, -0.2) is 34.0 Å². The summed E-state index contributed by atoms with van der Waals surface area (Å²) in [6.07, 6.45) is 23.7. The van der Waals surface area contributed by atoms with Gasteiger partial charge in [0.15, 0.2) is 11.6 Å². The standard InChI is InChI=1S/2C20H28O2/c2*1-7-14(2)9-8-10-15(3)11-12-17-16(4)19(22)18(21)13-20(17,5)6/h2*7-12,18,21H,13H2,1-6H3/b2*9-8?,12-11+,14-7?,15-10?. The maximum Gasteiger partial charge on any atom is 0.187 e. The number of aliphatic hydroxyl groups excluding tert-OH is 2. The van der Waals surface area contributed by atoms with Gasteiger partial charge in [-0.1, -0.05) is 123 Å². The first kappa shape index (κ1) is 38.7. The minimum absolute atomic E-state index is 0.149. The Kier molecular flexibility index (Phi) is 15.1. The Hall–Kier alpha value is -3.34. The molecule has 4 nitrogen and oxygen atoms in total. The molecule has 0 fully saturated rings. The summed E-state index contributed by atoms with van der Waals surface area (Å²) in [4.78, 5) is 23.9. The van der Waals surface area contributed by atoms with Gasteiger partial charge in [0.1, 0.15) is 12.2 Å². The highest BCUT2D eigenvalue weighted by Crippen LogP contribution is 2.40. The highest BCUT2D eigenvalue weighted by Gasteiger charge is 2.37. The summed E-state index contributed by atoms with van der Waals surface area (Å²) in [5.74, 6) is -0.298. The van der Waals surface area contributed by atoms with Crippen molar-refractivity contribution in [1.29, 1.82) is 0 Å². The Morgan fingerprint density at radius 3 is 1.23 bits per heavy atom. The lowest BCUT2D eigenvalue weighted by Crippen LogP contribution is -2.35. The van der Waals surface area contributed by atoms with Crippen molar-refractivity contribution in [3.8, 4) is 0 Å². The van der Waals surface area contributed by atoms with Crippen molar-refractivity contribution in [1.82, 2.24) is 0 Å². The molecule has 2 aliphatic carbocycles. The van der Waals surface area contributed by atoms with E-state index in [1.165, 1.54) is 11.1 Å². The van der Waals surface area contributed by atoms with E-state index in [0.717, 1.165) is 22.3 Å². The Morgan fingerprint density at radius 2 is 0.932 bits per heavy atom. The maximum absolute atomic E-state index is 12.0. The van der Waals surface area contributed by atoms with Crippen LogP contribution in [0.3, 0.4) is 0 Å². The van der Waals surface area contributed by atoms with Crippen molar-refractivity contribution >= 4 is 11.6 Å². The van der Waals surface area contributed by atoms with E-state index in [1.807, 2.05) is 76.3 Å². The zero-order valence-electron chi connectivity index (χ0n) is 29.2. The van der Waals surface area contributed by atoms with Crippen LogP contribution in [0.5, 0.6) is 0 Å². The van der Waals surface area contributed by atoms with Crippen LogP contribution >= 0.6 is 0 Å². The number of carbonyl (C=O) groups excluding carboxylic acids is 2. The van der Waals surface area contributed by atoms with Crippen LogP contribution in [0, 0.1) is 10.8 Å². The van der Waals surface area contributed by atoms with Gasteiger partial charge in [0.2, 0.25) is 0 Å². The minimum atomic E-state index is -0.865. The van der Waals surface area contributed by atoms with E-state index in [-0.39, 0.29) is 22.4 Å². The third-order valence-corrected chi connectivity index (χ3v) is 8.39. The first-order valence-corrected chi connectivity index (χ1v) is 15.6. The van der Waals surface area contributed by atoms with Gasteiger partial charge in [-0.2, -0.15) is 0 Å². The second-order valence-electron chi connectivity index (χ2n) is 13.3. The monoisotopic (exact) mass is 600 g/mol. The highest BCUT2D eigenvalue weighted by atomic mass is 16.3. The predicted octanol–water partition coefficient (Wildman–Crippen LogP) is 9.38. The van der Waals surface area contributed by atoms with E-state index in [9.17, 15) is 19.8 Å². The summed E-state index contributed by atoms with van der Waals surface area (Å²) in [7, 11) is 0. The van der Waals surface area contributed by atoms with Gasteiger partial charge >= 0.3 is 0 Å². The number of Topliss-reactive ketones (excluding diaryl/α,β-unsaturated/α-hetero) is 2. The van der Waals surface area contributed by atoms with E-state index in [1.54, 1.807) is 13.8 Å². The van der Waals surface area contributed by atoms with Gasteiger partial charge in [0.05, 0.1) is 0 Å². The van der Waals surface area contributed by atoms with Gasteiger partial charge < -0.3 is 10.2 Å². The molecule has 0 saturated heterocycles. The molecule has 0 saturated carbocycles. The molecular weight excluding hydrogens is 544 g/mol. The Labute approximate surface area is 267 Å². The molecule has 240 valence electrons. The normalized spacial score (nSPS) is 24.0. The molecule has 0 aliphatic heterocycles. The number of hydrogen-bond donors (Lipinski definition) is 2. The fraction of sp³-hybridized carbons (Fsp3) is 0.450. The zero-order valence-corrected chi connectivity index (χ0v) is 29.2. The Bertz CT molecular complexity index is 1270. The maximum atomic E-state index is 12.0. The molecular formula is C40H56O4.